The van der Waals surface area contributed by atoms with Crippen molar-refractivity contribution in [1.29, 1.82) is 0 Å². The van der Waals surface area contributed by atoms with Crippen molar-refractivity contribution in [2.75, 3.05) is 11.9 Å². The first-order valence-corrected chi connectivity index (χ1v) is 9.56. The monoisotopic (exact) mass is 433 g/mol. The average molecular weight is 433 g/mol. The van der Waals surface area contributed by atoms with Crippen LogP contribution in [0.25, 0.3) is 0 Å². The van der Waals surface area contributed by atoms with Crippen molar-refractivity contribution in [2.45, 2.75) is 31.8 Å². The summed E-state index contributed by atoms with van der Waals surface area (Å²) < 4.78 is 40.4. The van der Waals surface area contributed by atoms with E-state index in [4.69, 9.17) is 0 Å². The third-order valence-electron chi connectivity index (χ3n) is 5.21. The normalized spacial score (nSPS) is 18.0. The summed E-state index contributed by atoms with van der Waals surface area (Å²) in [4.78, 5) is 40.2. The number of imide groups is 1. The molecule has 0 aliphatic carbocycles. The Morgan fingerprint density at radius 1 is 1.06 bits per heavy atom. The Morgan fingerprint density at radius 2 is 1.74 bits per heavy atom. The smallest absolute Gasteiger partial charge is 0.406 e. The summed E-state index contributed by atoms with van der Waals surface area (Å²) >= 11 is 0. The fraction of sp³-hybridized carbons (Fsp3) is 0.286. The van der Waals surface area contributed by atoms with E-state index in [-0.39, 0.29) is 24.6 Å². The molecule has 10 heteroatoms. The first-order valence-electron chi connectivity index (χ1n) is 9.56. The van der Waals surface area contributed by atoms with Gasteiger partial charge in [-0.25, -0.2) is 4.79 Å². The quantitative estimate of drug-likeness (QED) is 0.734. The number of rotatable bonds is 5. The van der Waals surface area contributed by atoms with Crippen molar-refractivity contribution >= 4 is 23.5 Å². The standard InChI is InChI=1S/C21H18F3N3O4/c22-21(23,24)31-16-7-5-15(6-8-16)25-18(28)9-10-26-19(29)17-11-13-3-1-2-4-14(13)12-27(17)20(26)30/h1-8,17H,9-12H2,(H,25,28). The number of nitrogens with zero attached hydrogens (tertiary/aromatic N) is 2. The summed E-state index contributed by atoms with van der Waals surface area (Å²) in [6, 6.07) is 11.3. The first-order chi connectivity index (χ1) is 14.7. The summed E-state index contributed by atoms with van der Waals surface area (Å²) in [5.41, 5.74) is 2.30. The van der Waals surface area contributed by atoms with E-state index in [9.17, 15) is 27.6 Å². The molecule has 7 nitrogen and oxygen atoms in total. The third-order valence-corrected chi connectivity index (χ3v) is 5.21. The minimum Gasteiger partial charge on any atom is -0.406 e. The average Bonchev–Trinajstić information content (AvgIpc) is 2.95. The molecule has 1 fully saturated rings. The zero-order valence-electron chi connectivity index (χ0n) is 16.2. The summed E-state index contributed by atoms with van der Waals surface area (Å²) in [6.45, 7) is 0.266. The Kier molecular flexibility index (Phi) is 5.30. The molecule has 2 aromatic rings. The van der Waals surface area contributed by atoms with E-state index in [0.29, 0.717) is 13.0 Å². The molecule has 2 aliphatic heterocycles. The van der Waals surface area contributed by atoms with Crippen LogP contribution in [-0.4, -0.2) is 46.6 Å². The van der Waals surface area contributed by atoms with Gasteiger partial charge in [0.05, 0.1) is 0 Å². The van der Waals surface area contributed by atoms with Gasteiger partial charge in [-0.15, -0.1) is 13.2 Å². The molecule has 1 saturated heterocycles. The molecule has 2 aliphatic rings. The lowest BCUT2D eigenvalue weighted by atomic mass is 9.95. The van der Waals surface area contributed by atoms with Gasteiger partial charge in [0.25, 0.3) is 5.91 Å². The molecule has 0 radical (unpaired) electrons. The fourth-order valence-electron chi connectivity index (χ4n) is 3.76. The lowest BCUT2D eigenvalue weighted by Gasteiger charge is -2.28. The number of alkyl halides is 3. The molecule has 4 rings (SSSR count). The van der Waals surface area contributed by atoms with Crippen molar-refractivity contribution in [1.82, 2.24) is 9.80 Å². The van der Waals surface area contributed by atoms with Crippen LogP contribution in [0.3, 0.4) is 0 Å². The van der Waals surface area contributed by atoms with Gasteiger partial charge in [-0.2, -0.15) is 0 Å². The molecule has 1 unspecified atom stereocenters. The van der Waals surface area contributed by atoms with Gasteiger partial charge in [-0.1, -0.05) is 24.3 Å². The zero-order valence-corrected chi connectivity index (χ0v) is 16.2. The Morgan fingerprint density at radius 3 is 2.42 bits per heavy atom. The molecular weight excluding hydrogens is 415 g/mol. The topological polar surface area (TPSA) is 79.0 Å². The number of hydrogen-bond donors (Lipinski definition) is 1. The SMILES string of the molecule is O=C(CCN1C(=O)C2Cc3ccccc3CN2C1=O)Nc1ccc(OC(F)(F)F)cc1. The minimum absolute atomic E-state index is 0.0812. The molecule has 2 heterocycles. The van der Waals surface area contributed by atoms with Crippen molar-refractivity contribution in [3.05, 3.63) is 59.7 Å². The fourth-order valence-corrected chi connectivity index (χ4v) is 3.76. The number of halogens is 3. The van der Waals surface area contributed by atoms with Gasteiger partial charge in [0, 0.05) is 31.6 Å². The van der Waals surface area contributed by atoms with E-state index < -0.39 is 30.1 Å². The van der Waals surface area contributed by atoms with Gasteiger partial charge >= 0.3 is 12.4 Å². The van der Waals surface area contributed by atoms with Gasteiger partial charge in [0.15, 0.2) is 0 Å². The van der Waals surface area contributed by atoms with E-state index in [1.807, 2.05) is 24.3 Å². The Labute approximate surface area is 175 Å². The van der Waals surface area contributed by atoms with Crippen molar-refractivity contribution in [3.8, 4) is 5.75 Å². The Bertz CT molecular complexity index is 980. The molecule has 0 aromatic heterocycles. The summed E-state index contributed by atoms with van der Waals surface area (Å²) in [5.74, 6) is -1.21. The van der Waals surface area contributed by atoms with E-state index in [2.05, 4.69) is 10.1 Å². The number of urea groups is 1. The summed E-state index contributed by atoms with van der Waals surface area (Å²) in [6.07, 6.45) is -4.49. The van der Waals surface area contributed by atoms with Crippen LogP contribution in [0, 0.1) is 0 Å². The predicted molar refractivity (Wildman–Crippen MR) is 103 cm³/mol. The van der Waals surface area contributed by atoms with Crippen LogP contribution >= 0.6 is 0 Å². The Hall–Kier alpha value is -3.56. The maximum Gasteiger partial charge on any atom is 0.573 e. The highest BCUT2D eigenvalue weighted by Crippen LogP contribution is 2.30. The molecule has 0 saturated carbocycles. The van der Waals surface area contributed by atoms with Crippen LogP contribution in [0.15, 0.2) is 48.5 Å². The maximum absolute atomic E-state index is 12.7. The highest BCUT2D eigenvalue weighted by molar-refractivity contribution is 6.05. The van der Waals surface area contributed by atoms with Crippen molar-refractivity contribution in [3.63, 3.8) is 0 Å². The molecule has 162 valence electrons. The van der Waals surface area contributed by atoms with Crippen LogP contribution in [-0.2, 0) is 22.6 Å². The second kappa shape index (κ2) is 7.93. The molecule has 4 amide bonds. The molecular formula is C21H18F3N3O4. The predicted octanol–water partition coefficient (Wildman–Crippen LogP) is 3.30. The van der Waals surface area contributed by atoms with Gasteiger partial charge in [-0.3, -0.25) is 14.5 Å². The lowest BCUT2D eigenvalue weighted by molar-refractivity contribution is -0.274. The van der Waals surface area contributed by atoms with E-state index in [1.54, 1.807) is 0 Å². The van der Waals surface area contributed by atoms with Gasteiger partial charge in [0.1, 0.15) is 11.8 Å². The van der Waals surface area contributed by atoms with Crippen LogP contribution in [0.4, 0.5) is 23.7 Å². The van der Waals surface area contributed by atoms with Gasteiger partial charge < -0.3 is 15.0 Å². The van der Waals surface area contributed by atoms with Crippen LogP contribution in [0.2, 0.25) is 0 Å². The molecule has 2 aromatic carbocycles. The maximum atomic E-state index is 12.7. The number of nitrogens with one attached hydrogen (secondary N) is 1. The third kappa shape index (κ3) is 4.47. The van der Waals surface area contributed by atoms with Crippen LogP contribution < -0.4 is 10.1 Å². The number of ether oxygens (including phenoxy) is 1. The summed E-state index contributed by atoms with van der Waals surface area (Å²) in [5, 5.41) is 2.52. The molecule has 0 spiro atoms. The van der Waals surface area contributed by atoms with E-state index in [0.717, 1.165) is 28.2 Å². The van der Waals surface area contributed by atoms with Gasteiger partial charge in [0.2, 0.25) is 5.91 Å². The van der Waals surface area contributed by atoms with Crippen LogP contribution in [0.1, 0.15) is 17.5 Å². The van der Waals surface area contributed by atoms with Crippen molar-refractivity contribution in [2.24, 2.45) is 0 Å². The lowest BCUT2D eigenvalue weighted by Crippen LogP contribution is -2.39. The second-order valence-electron chi connectivity index (χ2n) is 7.26. The van der Waals surface area contributed by atoms with Crippen LogP contribution in [0.5, 0.6) is 5.75 Å². The minimum atomic E-state index is -4.80. The number of amides is 4. The number of hydrogen-bond acceptors (Lipinski definition) is 4. The number of anilines is 1. The number of fused-ring (bicyclic) bond motifs is 2. The molecule has 31 heavy (non-hydrogen) atoms. The number of benzene rings is 2. The van der Waals surface area contributed by atoms with Crippen molar-refractivity contribution < 1.29 is 32.3 Å². The van der Waals surface area contributed by atoms with E-state index >= 15 is 0 Å². The molecule has 1 atom stereocenters. The largest absolute Gasteiger partial charge is 0.573 e. The van der Waals surface area contributed by atoms with E-state index in [1.165, 1.54) is 17.0 Å². The second-order valence-corrected chi connectivity index (χ2v) is 7.26. The molecule has 1 N–H and O–H groups in total. The highest BCUT2D eigenvalue weighted by Gasteiger charge is 2.46. The number of carbonyl (C=O) groups is 3. The Balaban J connectivity index is 1.33. The first kappa shape index (κ1) is 20.7. The highest BCUT2D eigenvalue weighted by atomic mass is 19.4. The molecule has 0 bridgehead atoms. The zero-order chi connectivity index (χ0) is 22.2. The summed E-state index contributed by atoms with van der Waals surface area (Å²) in [7, 11) is 0. The van der Waals surface area contributed by atoms with Gasteiger partial charge in [-0.05, 0) is 35.4 Å². The number of carbonyl (C=O) groups excluding carboxylic acids is 3.